The standard InChI is InChI=1S/C28H27FN2O5/c1-18(32)30-24(16-20-10-14-23(29)15-11-20)27(34)31-25(28(35)36-2)17-19-8-12-22(13-9-19)26(33)21-6-4-3-5-7-21/h3-15,24-25H,16-17H2,1-2H3,(H,30,32)(H,31,34)/t24-,25-/m0/s1. The van der Waals surface area contributed by atoms with Crippen LogP contribution >= 0.6 is 0 Å². The molecule has 186 valence electrons. The van der Waals surface area contributed by atoms with Gasteiger partial charge in [-0.3, -0.25) is 14.4 Å². The zero-order chi connectivity index (χ0) is 26.1. The minimum atomic E-state index is -1.03. The molecule has 0 bridgehead atoms. The molecule has 0 aliphatic carbocycles. The summed E-state index contributed by atoms with van der Waals surface area (Å²) in [5.41, 5.74) is 2.40. The van der Waals surface area contributed by atoms with E-state index in [-0.39, 0.29) is 18.6 Å². The van der Waals surface area contributed by atoms with Gasteiger partial charge in [-0.1, -0.05) is 66.7 Å². The van der Waals surface area contributed by atoms with Gasteiger partial charge in [0.15, 0.2) is 5.78 Å². The molecule has 0 heterocycles. The maximum absolute atomic E-state index is 13.2. The van der Waals surface area contributed by atoms with Gasteiger partial charge >= 0.3 is 5.97 Å². The lowest BCUT2D eigenvalue weighted by Crippen LogP contribution is -2.53. The number of rotatable bonds is 10. The Morgan fingerprint density at radius 3 is 1.83 bits per heavy atom. The van der Waals surface area contributed by atoms with Gasteiger partial charge in [0.1, 0.15) is 17.9 Å². The number of amides is 2. The van der Waals surface area contributed by atoms with Crippen LogP contribution in [-0.2, 0) is 32.0 Å². The van der Waals surface area contributed by atoms with Crippen LogP contribution in [0.3, 0.4) is 0 Å². The Morgan fingerprint density at radius 1 is 0.750 bits per heavy atom. The van der Waals surface area contributed by atoms with E-state index in [9.17, 15) is 23.6 Å². The molecule has 0 fully saturated rings. The Kier molecular flexibility index (Phi) is 9.05. The summed E-state index contributed by atoms with van der Waals surface area (Å²) in [4.78, 5) is 49.8. The van der Waals surface area contributed by atoms with Gasteiger partial charge in [0.05, 0.1) is 7.11 Å². The van der Waals surface area contributed by atoms with Crippen molar-refractivity contribution in [1.29, 1.82) is 0 Å². The third kappa shape index (κ3) is 7.33. The number of carbonyl (C=O) groups is 4. The molecule has 2 amide bonds. The van der Waals surface area contributed by atoms with Gasteiger partial charge < -0.3 is 15.4 Å². The van der Waals surface area contributed by atoms with Crippen LogP contribution in [-0.4, -0.2) is 42.8 Å². The number of halogens is 1. The first-order chi connectivity index (χ1) is 17.3. The molecule has 3 aromatic rings. The molecule has 2 N–H and O–H groups in total. The van der Waals surface area contributed by atoms with Gasteiger partial charge in [-0.2, -0.15) is 0 Å². The van der Waals surface area contributed by atoms with E-state index < -0.39 is 35.7 Å². The number of methoxy groups -OCH3 is 1. The smallest absolute Gasteiger partial charge is 0.328 e. The van der Waals surface area contributed by atoms with E-state index in [1.807, 2.05) is 6.07 Å². The van der Waals surface area contributed by atoms with Crippen LogP contribution < -0.4 is 10.6 Å². The number of ether oxygens (including phenoxy) is 1. The van der Waals surface area contributed by atoms with Gasteiger partial charge in [0, 0.05) is 30.9 Å². The minimum Gasteiger partial charge on any atom is -0.467 e. The van der Waals surface area contributed by atoms with E-state index in [4.69, 9.17) is 4.74 Å². The van der Waals surface area contributed by atoms with Crippen molar-refractivity contribution < 1.29 is 28.3 Å². The molecule has 0 aliphatic heterocycles. The average molecular weight is 491 g/mol. The second kappa shape index (κ2) is 12.4. The van der Waals surface area contributed by atoms with Crippen molar-refractivity contribution in [2.45, 2.75) is 31.8 Å². The van der Waals surface area contributed by atoms with Crippen molar-refractivity contribution >= 4 is 23.6 Å². The first kappa shape index (κ1) is 26.3. The summed E-state index contributed by atoms with van der Waals surface area (Å²) in [5, 5.41) is 5.22. The number of nitrogens with one attached hydrogen (secondary N) is 2. The molecule has 8 heteroatoms. The molecule has 0 spiro atoms. The number of hydrogen-bond donors (Lipinski definition) is 2. The van der Waals surface area contributed by atoms with E-state index in [1.54, 1.807) is 48.5 Å². The summed E-state index contributed by atoms with van der Waals surface area (Å²) >= 11 is 0. The van der Waals surface area contributed by atoms with Crippen molar-refractivity contribution in [3.05, 3.63) is 107 Å². The summed E-state index contributed by atoms with van der Waals surface area (Å²) in [6, 6.07) is 19.2. The van der Waals surface area contributed by atoms with Crippen LogP contribution in [0.2, 0.25) is 0 Å². The zero-order valence-corrected chi connectivity index (χ0v) is 20.0. The van der Waals surface area contributed by atoms with Crippen molar-refractivity contribution in [2.75, 3.05) is 7.11 Å². The molecule has 0 aliphatic rings. The highest BCUT2D eigenvalue weighted by Gasteiger charge is 2.27. The molecular formula is C28H27FN2O5. The predicted molar refractivity (Wildman–Crippen MR) is 132 cm³/mol. The Bertz CT molecular complexity index is 1210. The SMILES string of the molecule is COC(=O)[C@H](Cc1ccc(C(=O)c2ccccc2)cc1)NC(=O)[C@H](Cc1ccc(F)cc1)NC(C)=O. The Labute approximate surface area is 208 Å². The van der Waals surface area contributed by atoms with Crippen molar-refractivity contribution in [2.24, 2.45) is 0 Å². The fraction of sp³-hybridized carbons (Fsp3) is 0.214. The lowest BCUT2D eigenvalue weighted by molar-refractivity contribution is -0.145. The second-order valence-corrected chi connectivity index (χ2v) is 8.26. The van der Waals surface area contributed by atoms with Crippen LogP contribution in [0.25, 0.3) is 0 Å². The normalized spacial score (nSPS) is 12.2. The predicted octanol–water partition coefficient (Wildman–Crippen LogP) is 3.00. The number of ketones is 1. The summed E-state index contributed by atoms with van der Waals surface area (Å²) < 4.78 is 18.1. The third-order valence-electron chi connectivity index (χ3n) is 5.54. The lowest BCUT2D eigenvalue weighted by atomic mass is 9.99. The average Bonchev–Trinajstić information content (AvgIpc) is 2.89. The van der Waals surface area contributed by atoms with E-state index in [0.29, 0.717) is 22.3 Å². The molecule has 7 nitrogen and oxygen atoms in total. The summed E-state index contributed by atoms with van der Waals surface area (Å²) in [5.74, 6) is -2.21. The number of esters is 1. The van der Waals surface area contributed by atoms with Gasteiger partial charge in [-0.25, -0.2) is 9.18 Å². The molecular weight excluding hydrogens is 463 g/mol. The van der Waals surface area contributed by atoms with Crippen molar-refractivity contribution in [1.82, 2.24) is 10.6 Å². The fourth-order valence-electron chi connectivity index (χ4n) is 3.70. The first-order valence-electron chi connectivity index (χ1n) is 11.3. The van der Waals surface area contributed by atoms with E-state index in [2.05, 4.69) is 10.6 Å². The molecule has 3 aromatic carbocycles. The molecule has 0 saturated carbocycles. The lowest BCUT2D eigenvalue weighted by Gasteiger charge is -2.22. The molecule has 0 saturated heterocycles. The van der Waals surface area contributed by atoms with Crippen LogP contribution in [0.1, 0.15) is 34.0 Å². The van der Waals surface area contributed by atoms with E-state index in [1.165, 1.54) is 38.3 Å². The maximum Gasteiger partial charge on any atom is 0.328 e. The molecule has 2 atom stereocenters. The van der Waals surface area contributed by atoms with Crippen molar-refractivity contribution in [3.63, 3.8) is 0 Å². The summed E-state index contributed by atoms with van der Waals surface area (Å²) in [7, 11) is 1.22. The largest absolute Gasteiger partial charge is 0.467 e. The van der Waals surface area contributed by atoms with E-state index in [0.717, 1.165) is 0 Å². The van der Waals surface area contributed by atoms with Gasteiger partial charge in [0.2, 0.25) is 11.8 Å². The number of benzene rings is 3. The number of hydrogen-bond acceptors (Lipinski definition) is 5. The Balaban J connectivity index is 1.72. The molecule has 3 rings (SSSR count). The van der Waals surface area contributed by atoms with Crippen LogP contribution in [0, 0.1) is 5.82 Å². The second-order valence-electron chi connectivity index (χ2n) is 8.26. The quantitative estimate of drug-likeness (QED) is 0.336. The van der Waals surface area contributed by atoms with Crippen LogP contribution in [0.4, 0.5) is 4.39 Å². The highest BCUT2D eigenvalue weighted by Crippen LogP contribution is 2.13. The van der Waals surface area contributed by atoms with Gasteiger partial charge in [-0.15, -0.1) is 0 Å². The number of carbonyl (C=O) groups excluding carboxylic acids is 4. The van der Waals surface area contributed by atoms with Gasteiger partial charge in [-0.05, 0) is 23.3 Å². The summed E-state index contributed by atoms with van der Waals surface area (Å²) in [6.45, 7) is 1.28. The Hall–Kier alpha value is -4.33. The molecule has 0 unspecified atom stereocenters. The van der Waals surface area contributed by atoms with Crippen molar-refractivity contribution in [3.8, 4) is 0 Å². The topological polar surface area (TPSA) is 102 Å². The minimum absolute atomic E-state index is 0.107. The summed E-state index contributed by atoms with van der Waals surface area (Å²) in [6.07, 6.45) is 0.220. The molecule has 0 radical (unpaired) electrons. The van der Waals surface area contributed by atoms with Crippen LogP contribution in [0.5, 0.6) is 0 Å². The van der Waals surface area contributed by atoms with E-state index >= 15 is 0 Å². The highest BCUT2D eigenvalue weighted by molar-refractivity contribution is 6.08. The monoisotopic (exact) mass is 490 g/mol. The first-order valence-corrected chi connectivity index (χ1v) is 11.3. The molecule has 36 heavy (non-hydrogen) atoms. The zero-order valence-electron chi connectivity index (χ0n) is 20.0. The third-order valence-corrected chi connectivity index (χ3v) is 5.54. The van der Waals surface area contributed by atoms with Crippen LogP contribution in [0.15, 0.2) is 78.9 Å². The maximum atomic E-state index is 13.2. The molecule has 0 aromatic heterocycles. The Morgan fingerprint density at radius 2 is 1.28 bits per heavy atom. The highest BCUT2D eigenvalue weighted by atomic mass is 19.1. The fourth-order valence-corrected chi connectivity index (χ4v) is 3.70. The van der Waals surface area contributed by atoms with Gasteiger partial charge in [0.25, 0.3) is 0 Å².